The van der Waals surface area contributed by atoms with E-state index in [1.807, 2.05) is 6.07 Å². The Bertz CT molecular complexity index is 799. The maximum Gasteiger partial charge on any atom is 0.261 e. The Morgan fingerprint density at radius 3 is 2.43 bits per heavy atom. The summed E-state index contributed by atoms with van der Waals surface area (Å²) < 4.78 is 27.6. The fourth-order valence-corrected chi connectivity index (χ4v) is 3.20. The van der Waals surface area contributed by atoms with Gasteiger partial charge in [-0.1, -0.05) is 23.7 Å². The molecule has 0 fully saturated rings. The Kier molecular flexibility index (Phi) is 4.88. The van der Waals surface area contributed by atoms with Crippen molar-refractivity contribution in [2.45, 2.75) is 11.3 Å². The van der Waals surface area contributed by atoms with Crippen LogP contribution >= 0.6 is 27.5 Å². The molecule has 0 amide bonds. The molecule has 4 nitrogen and oxygen atoms in total. The molecule has 2 rings (SSSR count). The molecule has 7 heteroatoms. The molecule has 1 N–H and O–H groups in total. The van der Waals surface area contributed by atoms with E-state index >= 15 is 0 Å². The Balaban J connectivity index is 2.25. The van der Waals surface area contributed by atoms with Crippen molar-refractivity contribution in [3.05, 3.63) is 57.5 Å². The standard InChI is InChI=1S/C14H10BrClN2O2S/c15-13-9-11(3-6-14(13)16)18-21(19,20)12-4-1-10(2-5-12)7-8-17/h1-6,9,18H,7H2. The molecule has 0 heterocycles. The first-order chi connectivity index (χ1) is 9.92. The summed E-state index contributed by atoms with van der Waals surface area (Å²) in [6.45, 7) is 0. The monoisotopic (exact) mass is 384 g/mol. The lowest BCUT2D eigenvalue weighted by molar-refractivity contribution is 0.601. The molecule has 0 saturated carbocycles. The number of anilines is 1. The molecule has 2 aromatic rings. The molecule has 0 saturated heterocycles. The molecular weight excluding hydrogens is 376 g/mol. The third kappa shape index (κ3) is 3.97. The predicted molar refractivity (Wildman–Crippen MR) is 85.7 cm³/mol. The SMILES string of the molecule is N#CCc1ccc(S(=O)(=O)Nc2ccc(Cl)c(Br)c2)cc1. The molecule has 0 bridgehead atoms. The molecular formula is C14H10BrClN2O2S. The van der Waals surface area contributed by atoms with E-state index < -0.39 is 10.0 Å². The fourth-order valence-electron chi connectivity index (χ4n) is 1.65. The van der Waals surface area contributed by atoms with Gasteiger partial charge < -0.3 is 0 Å². The number of hydrogen-bond donors (Lipinski definition) is 1. The number of nitrogens with zero attached hydrogens (tertiary/aromatic N) is 1. The van der Waals surface area contributed by atoms with E-state index in [0.29, 0.717) is 15.2 Å². The van der Waals surface area contributed by atoms with E-state index in [2.05, 4.69) is 20.7 Å². The zero-order chi connectivity index (χ0) is 15.5. The first kappa shape index (κ1) is 15.8. The minimum atomic E-state index is -3.67. The van der Waals surface area contributed by atoms with Crippen LogP contribution in [-0.2, 0) is 16.4 Å². The summed E-state index contributed by atoms with van der Waals surface area (Å²) in [4.78, 5) is 0.135. The van der Waals surface area contributed by atoms with E-state index in [1.54, 1.807) is 30.3 Å². The van der Waals surface area contributed by atoms with Gasteiger partial charge in [0.1, 0.15) is 0 Å². The summed E-state index contributed by atoms with van der Waals surface area (Å²) >= 11 is 9.10. The smallest absolute Gasteiger partial charge is 0.261 e. The minimum absolute atomic E-state index is 0.135. The van der Waals surface area contributed by atoms with Crippen molar-refractivity contribution in [1.29, 1.82) is 5.26 Å². The Labute approximate surface area is 136 Å². The van der Waals surface area contributed by atoms with Gasteiger partial charge >= 0.3 is 0 Å². The minimum Gasteiger partial charge on any atom is -0.280 e. The van der Waals surface area contributed by atoms with Crippen molar-refractivity contribution in [3.63, 3.8) is 0 Å². The van der Waals surface area contributed by atoms with Crippen molar-refractivity contribution in [1.82, 2.24) is 0 Å². The van der Waals surface area contributed by atoms with Crippen molar-refractivity contribution < 1.29 is 8.42 Å². The number of nitriles is 1. The second kappa shape index (κ2) is 6.48. The van der Waals surface area contributed by atoms with Crippen LogP contribution in [0.5, 0.6) is 0 Å². The maximum atomic E-state index is 12.2. The van der Waals surface area contributed by atoms with Gasteiger partial charge in [0.2, 0.25) is 0 Å². The Morgan fingerprint density at radius 1 is 1.19 bits per heavy atom. The lowest BCUT2D eigenvalue weighted by Gasteiger charge is -2.09. The van der Waals surface area contributed by atoms with E-state index in [0.717, 1.165) is 5.56 Å². The fraction of sp³-hybridized carbons (Fsp3) is 0.0714. The lowest BCUT2D eigenvalue weighted by Crippen LogP contribution is -2.12. The zero-order valence-corrected chi connectivity index (χ0v) is 13.8. The highest BCUT2D eigenvalue weighted by Gasteiger charge is 2.14. The van der Waals surface area contributed by atoms with Gasteiger partial charge in [-0.25, -0.2) is 8.42 Å². The summed E-state index contributed by atoms with van der Waals surface area (Å²) in [5.41, 5.74) is 1.18. The second-order valence-electron chi connectivity index (χ2n) is 4.21. The quantitative estimate of drug-likeness (QED) is 0.865. The van der Waals surface area contributed by atoms with Crippen LogP contribution in [-0.4, -0.2) is 8.42 Å². The van der Waals surface area contributed by atoms with Crippen molar-refractivity contribution in [2.24, 2.45) is 0 Å². The largest absolute Gasteiger partial charge is 0.280 e. The van der Waals surface area contributed by atoms with Gasteiger partial charge in [-0.05, 0) is 51.8 Å². The Morgan fingerprint density at radius 2 is 1.86 bits per heavy atom. The molecule has 108 valence electrons. The van der Waals surface area contributed by atoms with Gasteiger partial charge in [0, 0.05) is 4.47 Å². The van der Waals surface area contributed by atoms with Crippen LogP contribution in [0, 0.1) is 11.3 Å². The predicted octanol–water partition coefficient (Wildman–Crippen LogP) is 3.97. The van der Waals surface area contributed by atoms with E-state index in [1.165, 1.54) is 12.1 Å². The van der Waals surface area contributed by atoms with E-state index in [-0.39, 0.29) is 11.3 Å². The molecule has 21 heavy (non-hydrogen) atoms. The van der Waals surface area contributed by atoms with Gasteiger partial charge in [0.05, 0.1) is 28.1 Å². The summed E-state index contributed by atoms with van der Waals surface area (Å²) in [6.07, 6.45) is 0.248. The average molecular weight is 386 g/mol. The number of nitrogens with one attached hydrogen (secondary N) is 1. The normalized spacial score (nSPS) is 10.9. The highest BCUT2D eigenvalue weighted by atomic mass is 79.9. The van der Waals surface area contributed by atoms with Crippen LogP contribution in [0.25, 0.3) is 0 Å². The second-order valence-corrected chi connectivity index (χ2v) is 7.16. The number of halogens is 2. The molecule has 0 aliphatic rings. The topological polar surface area (TPSA) is 70.0 Å². The zero-order valence-electron chi connectivity index (χ0n) is 10.7. The van der Waals surface area contributed by atoms with Crippen molar-refractivity contribution >= 4 is 43.2 Å². The molecule has 0 aromatic heterocycles. The summed E-state index contributed by atoms with van der Waals surface area (Å²) in [5, 5.41) is 9.10. The molecule has 2 aromatic carbocycles. The highest BCUT2D eigenvalue weighted by molar-refractivity contribution is 9.10. The van der Waals surface area contributed by atoms with Crippen LogP contribution in [0.15, 0.2) is 51.8 Å². The molecule has 0 aliphatic heterocycles. The van der Waals surface area contributed by atoms with Crippen LogP contribution in [0.2, 0.25) is 5.02 Å². The van der Waals surface area contributed by atoms with Gasteiger partial charge in [-0.3, -0.25) is 4.72 Å². The van der Waals surface area contributed by atoms with Crippen LogP contribution in [0.4, 0.5) is 5.69 Å². The highest BCUT2D eigenvalue weighted by Crippen LogP contribution is 2.27. The number of hydrogen-bond acceptors (Lipinski definition) is 3. The summed E-state index contributed by atoms with van der Waals surface area (Å²) in [5.74, 6) is 0. The van der Waals surface area contributed by atoms with Gasteiger partial charge in [-0.2, -0.15) is 5.26 Å². The van der Waals surface area contributed by atoms with Crippen LogP contribution in [0.1, 0.15) is 5.56 Å². The molecule has 0 unspecified atom stereocenters. The number of sulfonamides is 1. The first-order valence-electron chi connectivity index (χ1n) is 5.86. The van der Waals surface area contributed by atoms with Gasteiger partial charge in [0.25, 0.3) is 10.0 Å². The molecule has 0 spiro atoms. The maximum absolute atomic E-state index is 12.2. The Hall–Kier alpha value is -1.55. The van der Waals surface area contributed by atoms with Crippen LogP contribution < -0.4 is 4.72 Å². The molecule has 0 radical (unpaired) electrons. The summed E-state index contributed by atoms with van der Waals surface area (Å²) in [6, 6.07) is 13.0. The van der Waals surface area contributed by atoms with Crippen LogP contribution in [0.3, 0.4) is 0 Å². The number of rotatable bonds is 4. The number of benzene rings is 2. The molecule has 0 atom stereocenters. The van der Waals surface area contributed by atoms with Gasteiger partial charge in [0.15, 0.2) is 0 Å². The van der Waals surface area contributed by atoms with E-state index in [4.69, 9.17) is 16.9 Å². The first-order valence-corrected chi connectivity index (χ1v) is 8.51. The third-order valence-corrected chi connectivity index (χ3v) is 5.30. The third-order valence-electron chi connectivity index (χ3n) is 2.69. The average Bonchev–Trinajstić information content (AvgIpc) is 2.44. The van der Waals surface area contributed by atoms with Crippen molar-refractivity contribution in [3.8, 4) is 6.07 Å². The van der Waals surface area contributed by atoms with Crippen molar-refractivity contribution in [2.75, 3.05) is 4.72 Å². The molecule has 0 aliphatic carbocycles. The lowest BCUT2D eigenvalue weighted by atomic mass is 10.2. The summed E-state index contributed by atoms with van der Waals surface area (Å²) in [7, 11) is -3.67. The van der Waals surface area contributed by atoms with E-state index in [9.17, 15) is 8.42 Å². The van der Waals surface area contributed by atoms with Gasteiger partial charge in [-0.15, -0.1) is 0 Å².